The number of pyridine rings is 1. The molecule has 1 aliphatic rings. The number of hydrogen-bond acceptors (Lipinski definition) is 3. The zero-order valence-electron chi connectivity index (χ0n) is 6.16. The van der Waals surface area contributed by atoms with E-state index in [-0.39, 0.29) is 0 Å². The first-order valence-electron chi connectivity index (χ1n) is 3.69. The van der Waals surface area contributed by atoms with Crippen molar-refractivity contribution in [2.75, 3.05) is 12.3 Å². The number of aromatic nitrogens is 1. The van der Waals surface area contributed by atoms with Crippen LogP contribution in [0.3, 0.4) is 0 Å². The lowest BCUT2D eigenvalue weighted by atomic mass is 10.1. The van der Waals surface area contributed by atoms with Crippen molar-refractivity contribution in [3.8, 4) is 0 Å². The van der Waals surface area contributed by atoms with Gasteiger partial charge in [0.05, 0.1) is 5.69 Å². The minimum Gasteiger partial charge on any atom is -0.330 e. The third-order valence-electron chi connectivity index (χ3n) is 1.91. The van der Waals surface area contributed by atoms with Crippen LogP contribution in [-0.2, 0) is 0 Å². The Morgan fingerprint density at radius 1 is 1.73 bits per heavy atom. The van der Waals surface area contributed by atoms with E-state index in [4.69, 9.17) is 5.73 Å². The van der Waals surface area contributed by atoms with E-state index in [2.05, 4.69) is 11.1 Å². The molecule has 1 aromatic rings. The molecule has 1 aliphatic heterocycles. The first-order chi connectivity index (χ1) is 5.42. The predicted octanol–water partition coefficient (Wildman–Crippen LogP) is 1.23. The highest BCUT2D eigenvalue weighted by atomic mass is 32.2. The smallest absolute Gasteiger partial charge is 0.0591 e. The number of nitrogens with two attached hydrogens (primary N) is 1. The van der Waals surface area contributed by atoms with Gasteiger partial charge in [0.1, 0.15) is 0 Å². The molecule has 0 bridgehead atoms. The SMILES string of the molecule is NCC1CSc2cccnc21. The van der Waals surface area contributed by atoms with Crippen LogP contribution >= 0.6 is 11.8 Å². The highest BCUT2D eigenvalue weighted by Gasteiger charge is 2.22. The summed E-state index contributed by atoms with van der Waals surface area (Å²) in [4.78, 5) is 5.62. The topological polar surface area (TPSA) is 38.9 Å². The van der Waals surface area contributed by atoms with Crippen molar-refractivity contribution in [2.45, 2.75) is 10.8 Å². The first-order valence-corrected chi connectivity index (χ1v) is 4.68. The second-order valence-electron chi connectivity index (χ2n) is 2.63. The standard InChI is InChI=1S/C8H10N2S/c9-4-6-5-11-7-2-1-3-10-8(6)7/h1-3,6H,4-5,9H2. The normalized spacial score (nSPS) is 21.7. The summed E-state index contributed by atoms with van der Waals surface area (Å²) in [5.41, 5.74) is 6.79. The Morgan fingerprint density at radius 2 is 2.64 bits per heavy atom. The molecule has 2 nitrogen and oxygen atoms in total. The van der Waals surface area contributed by atoms with Crippen LogP contribution in [0.1, 0.15) is 11.6 Å². The molecule has 2 N–H and O–H groups in total. The molecule has 0 radical (unpaired) electrons. The fourth-order valence-corrected chi connectivity index (χ4v) is 2.50. The van der Waals surface area contributed by atoms with Gasteiger partial charge in [-0.3, -0.25) is 4.98 Å². The summed E-state index contributed by atoms with van der Waals surface area (Å²) in [6, 6.07) is 4.09. The Balaban J connectivity index is 2.39. The summed E-state index contributed by atoms with van der Waals surface area (Å²) in [5.74, 6) is 1.58. The van der Waals surface area contributed by atoms with Crippen LogP contribution < -0.4 is 5.73 Å². The number of hydrogen-bond donors (Lipinski definition) is 1. The van der Waals surface area contributed by atoms with Crippen molar-refractivity contribution in [3.63, 3.8) is 0 Å². The molecule has 2 rings (SSSR count). The average Bonchev–Trinajstić information content (AvgIpc) is 2.47. The van der Waals surface area contributed by atoms with Gasteiger partial charge in [-0.1, -0.05) is 0 Å². The molecule has 1 unspecified atom stereocenters. The highest BCUT2D eigenvalue weighted by Crippen LogP contribution is 2.36. The number of nitrogens with zero attached hydrogens (tertiary/aromatic N) is 1. The van der Waals surface area contributed by atoms with E-state index < -0.39 is 0 Å². The van der Waals surface area contributed by atoms with Crippen molar-refractivity contribution in [3.05, 3.63) is 24.0 Å². The van der Waals surface area contributed by atoms with E-state index in [0.717, 1.165) is 12.3 Å². The third kappa shape index (κ3) is 1.14. The van der Waals surface area contributed by atoms with E-state index in [1.165, 1.54) is 10.6 Å². The van der Waals surface area contributed by atoms with E-state index in [1.807, 2.05) is 24.0 Å². The molecule has 58 valence electrons. The van der Waals surface area contributed by atoms with Gasteiger partial charge in [0.2, 0.25) is 0 Å². The second kappa shape index (κ2) is 2.83. The highest BCUT2D eigenvalue weighted by molar-refractivity contribution is 7.99. The van der Waals surface area contributed by atoms with Crippen LogP contribution in [0.4, 0.5) is 0 Å². The van der Waals surface area contributed by atoms with Gasteiger partial charge in [0.15, 0.2) is 0 Å². The van der Waals surface area contributed by atoms with Crippen molar-refractivity contribution in [2.24, 2.45) is 5.73 Å². The summed E-state index contributed by atoms with van der Waals surface area (Å²) in [6.07, 6.45) is 1.84. The Bertz CT molecular complexity index is 262. The second-order valence-corrected chi connectivity index (χ2v) is 3.69. The van der Waals surface area contributed by atoms with Gasteiger partial charge < -0.3 is 5.73 Å². The lowest BCUT2D eigenvalue weighted by Gasteiger charge is -2.03. The zero-order chi connectivity index (χ0) is 7.68. The van der Waals surface area contributed by atoms with Gasteiger partial charge in [-0.2, -0.15) is 0 Å². The molecule has 0 aliphatic carbocycles. The van der Waals surface area contributed by atoms with Crippen molar-refractivity contribution in [1.82, 2.24) is 4.98 Å². The van der Waals surface area contributed by atoms with Crippen molar-refractivity contribution in [1.29, 1.82) is 0 Å². The van der Waals surface area contributed by atoms with Crippen LogP contribution in [0, 0.1) is 0 Å². The quantitative estimate of drug-likeness (QED) is 0.682. The summed E-state index contributed by atoms with van der Waals surface area (Å²) >= 11 is 1.86. The molecule has 3 heteroatoms. The molecule has 0 fully saturated rings. The van der Waals surface area contributed by atoms with Gasteiger partial charge >= 0.3 is 0 Å². The van der Waals surface area contributed by atoms with Crippen LogP contribution in [0.5, 0.6) is 0 Å². The van der Waals surface area contributed by atoms with Gasteiger partial charge in [-0.05, 0) is 12.1 Å². The molecule has 11 heavy (non-hydrogen) atoms. The van der Waals surface area contributed by atoms with Crippen LogP contribution in [0.2, 0.25) is 0 Å². The maximum atomic E-state index is 5.60. The van der Waals surface area contributed by atoms with Gasteiger partial charge in [-0.25, -0.2) is 0 Å². The largest absolute Gasteiger partial charge is 0.330 e. The molecule has 0 aromatic carbocycles. The van der Waals surface area contributed by atoms with Crippen molar-refractivity contribution >= 4 is 11.8 Å². The third-order valence-corrected chi connectivity index (χ3v) is 3.14. The number of thioether (sulfide) groups is 1. The molecular weight excluding hydrogens is 156 g/mol. The molecule has 0 amide bonds. The molecular formula is C8H10N2S. The van der Waals surface area contributed by atoms with E-state index in [9.17, 15) is 0 Å². The van der Waals surface area contributed by atoms with Crippen molar-refractivity contribution < 1.29 is 0 Å². The maximum Gasteiger partial charge on any atom is 0.0591 e. The zero-order valence-corrected chi connectivity index (χ0v) is 6.97. The maximum absolute atomic E-state index is 5.60. The molecule has 0 saturated carbocycles. The Morgan fingerprint density at radius 3 is 3.45 bits per heavy atom. The summed E-state index contributed by atoms with van der Waals surface area (Å²) in [6.45, 7) is 0.719. The lowest BCUT2D eigenvalue weighted by Crippen LogP contribution is -2.12. The minimum atomic E-state index is 0.483. The average molecular weight is 166 g/mol. The Kier molecular flexibility index (Phi) is 1.84. The Hall–Kier alpha value is -0.540. The summed E-state index contributed by atoms with van der Waals surface area (Å²) in [5, 5.41) is 0. The van der Waals surface area contributed by atoms with Gasteiger partial charge in [0, 0.05) is 29.3 Å². The summed E-state index contributed by atoms with van der Waals surface area (Å²) in [7, 11) is 0. The fraction of sp³-hybridized carbons (Fsp3) is 0.375. The van der Waals surface area contributed by atoms with Crippen LogP contribution in [-0.4, -0.2) is 17.3 Å². The van der Waals surface area contributed by atoms with E-state index in [1.54, 1.807) is 0 Å². The molecule has 0 spiro atoms. The predicted molar refractivity (Wildman–Crippen MR) is 46.8 cm³/mol. The summed E-state index contributed by atoms with van der Waals surface area (Å²) < 4.78 is 0. The van der Waals surface area contributed by atoms with E-state index in [0.29, 0.717) is 5.92 Å². The Labute approximate surface area is 70.2 Å². The van der Waals surface area contributed by atoms with Gasteiger partial charge in [0.25, 0.3) is 0 Å². The lowest BCUT2D eigenvalue weighted by molar-refractivity contribution is 0.755. The van der Waals surface area contributed by atoms with Crippen LogP contribution in [0.25, 0.3) is 0 Å². The molecule has 1 atom stereocenters. The molecule has 0 saturated heterocycles. The molecule has 2 heterocycles. The number of fused-ring (bicyclic) bond motifs is 1. The monoisotopic (exact) mass is 166 g/mol. The first kappa shape index (κ1) is 7.13. The van der Waals surface area contributed by atoms with Crippen LogP contribution in [0.15, 0.2) is 23.2 Å². The minimum absolute atomic E-state index is 0.483. The van der Waals surface area contributed by atoms with Gasteiger partial charge in [-0.15, -0.1) is 11.8 Å². The number of rotatable bonds is 1. The molecule has 1 aromatic heterocycles. The fourth-order valence-electron chi connectivity index (χ4n) is 1.28. The van der Waals surface area contributed by atoms with E-state index >= 15 is 0 Å².